The SMILES string of the molecule is Cc1cc(C(=O)NNC(=O)c2cc3cnn(C(C)C)c3nc2C)c(C)o1. The predicted molar refractivity (Wildman–Crippen MR) is 95.8 cm³/mol. The van der Waals surface area contributed by atoms with Crippen LogP contribution < -0.4 is 10.9 Å². The van der Waals surface area contributed by atoms with Crippen molar-refractivity contribution in [3.63, 3.8) is 0 Å². The van der Waals surface area contributed by atoms with Crippen LogP contribution in [0.3, 0.4) is 0 Å². The molecule has 2 amide bonds. The Morgan fingerprint density at radius 2 is 1.73 bits per heavy atom. The van der Waals surface area contributed by atoms with Gasteiger partial charge in [0.25, 0.3) is 11.8 Å². The Balaban J connectivity index is 1.78. The summed E-state index contributed by atoms with van der Waals surface area (Å²) in [7, 11) is 0. The molecular formula is C18H21N5O3. The van der Waals surface area contributed by atoms with Gasteiger partial charge in [0.2, 0.25) is 0 Å². The Hall–Kier alpha value is -3.16. The van der Waals surface area contributed by atoms with E-state index in [4.69, 9.17) is 4.42 Å². The van der Waals surface area contributed by atoms with E-state index < -0.39 is 11.8 Å². The first-order valence-corrected chi connectivity index (χ1v) is 8.30. The lowest BCUT2D eigenvalue weighted by molar-refractivity contribution is 0.0845. The van der Waals surface area contributed by atoms with Gasteiger partial charge in [-0.3, -0.25) is 20.4 Å². The third-order valence-corrected chi connectivity index (χ3v) is 4.07. The number of carbonyl (C=O) groups excluding carboxylic acids is 2. The molecule has 26 heavy (non-hydrogen) atoms. The number of hydrazine groups is 1. The molecule has 0 aliphatic rings. The molecule has 3 heterocycles. The molecule has 8 nitrogen and oxygen atoms in total. The summed E-state index contributed by atoms with van der Waals surface area (Å²) in [4.78, 5) is 29.1. The first-order valence-electron chi connectivity index (χ1n) is 8.30. The maximum absolute atomic E-state index is 12.5. The number of nitrogens with zero attached hydrogens (tertiary/aromatic N) is 3. The maximum Gasteiger partial charge on any atom is 0.273 e. The summed E-state index contributed by atoms with van der Waals surface area (Å²) in [5.41, 5.74) is 6.86. The molecule has 0 radical (unpaired) electrons. The van der Waals surface area contributed by atoms with Gasteiger partial charge in [0.15, 0.2) is 5.65 Å². The molecule has 0 bridgehead atoms. The van der Waals surface area contributed by atoms with Crippen LogP contribution in [0, 0.1) is 20.8 Å². The number of aryl methyl sites for hydroxylation is 3. The first-order chi connectivity index (χ1) is 12.3. The van der Waals surface area contributed by atoms with E-state index in [-0.39, 0.29) is 6.04 Å². The van der Waals surface area contributed by atoms with E-state index in [1.54, 1.807) is 43.8 Å². The van der Waals surface area contributed by atoms with Crippen LogP contribution in [0.2, 0.25) is 0 Å². The lowest BCUT2D eigenvalue weighted by atomic mass is 10.1. The van der Waals surface area contributed by atoms with E-state index in [0.717, 1.165) is 11.0 Å². The van der Waals surface area contributed by atoms with Crippen LogP contribution in [0.15, 0.2) is 22.7 Å². The highest BCUT2D eigenvalue weighted by Gasteiger charge is 2.18. The number of carbonyl (C=O) groups is 2. The van der Waals surface area contributed by atoms with Crippen LogP contribution in [0.25, 0.3) is 11.0 Å². The first kappa shape index (κ1) is 17.7. The van der Waals surface area contributed by atoms with Gasteiger partial charge in [-0.2, -0.15) is 5.10 Å². The minimum Gasteiger partial charge on any atom is -0.466 e. The number of aromatic nitrogens is 3. The number of nitrogens with one attached hydrogen (secondary N) is 2. The number of hydrogen-bond acceptors (Lipinski definition) is 5. The predicted octanol–water partition coefficient (Wildman–Crippen LogP) is 2.61. The van der Waals surface area contributed by atoms with Crippen LogP contribution in [0.1, 0.15) is 57.8 Å². The van der Waals surface area contributed by atoms with Crippen LogP contribution in [0.4, 0.5) is 0 Å². The maximum atomic E-state index is 12.5. The topological polar surface area (TPSA) is 102 Å². The molecule has 0 saturated carbocycles. The lowest BCUT2D eigenvalue weighted by Crippen LogP contribution is -2.42. The molecule has 0 spiro atoms. The fourth-order valence-corrected chi connectivity index (χ4v) is 2.78. The molecule has 8 heteroatoms. The molecular weight excluding hydrogens is 334 g/mol. The molecule has 0 aliphatic heterocycles. The highest BCUT2D eigenvalue weighted by molar-refractivity contribution is 6.01. The molecule has 0 unspecified atom stereocenters. The number of furan rings is 1. The average Bonchev–Trinajstić information content (AvgIpc) is 3.13. The van der Waals surface area contributed by atoms with Crippen molar-refractivity contribution in [2.45, 2.75) is 40.7 Å². The molecule has 0 saturated heterocycles. The molecule has 0 atom stereocenters. The summed E-state index contributed by atoms with van der Waals surface area (Å²) >= 11 is 0. The van der Waals surface area contributed by atoms with Crippen molar-refractivity contribution in [1.82, 2.24) is 25.6 Å². The Kier molecular flexibility index (Phi) is 4.50. The molecule has 3 aromatic rings. The summed E-state index contributed by atoms with van der Waals surface area (Å²) < 4.78 is 7.12. The van der Waals surface area contributed by atoms with Gasteiger partial charge in [-0.05, 0) is 46.8 Å². The second kappa shape index (κ2) is 6.62. The Bertz CT molecular complexity index is 1000. The number of amides is 2. The molecule has 0 fully saturated rings. The zero-order chi connectivity index (χ0) is 19.0. The number of hydrogen-bond donors (Lipinski definition) is 2. The third-order valence-electron chi connectivity index (χ3n) is 4.07. The molecule has 136 valence electrons. The van der Waals surface area contributed by atoms with Gasteiger partial charge in [0.1, 0.15) is 11.5 Å². The Morgan fingerprint density at radius 1 is 1.08 bits per heavy atom. The zero-order valence-electron chi connectivity index (χ0n) is 15.4. The highest BCUT2D eigenvalue weighted by Crippen LogP contribution is 2.19. The minimum atomic E-state index is -0.444. The summed E-state index contributed by atoms with van der Waals surface area (Å²) in [6, 6.07) is 3.51. The van der Waals surface area contributed by atoms with Gasteiger partial charge in [-0.15, -0.1) is 0 Å². The van der Waals surface area contributed by atoms with Gasteiger partial charge in [0.05, 0.1) is 23.0 Å². The van der Waals surface area contributed by atoms with Crippen LogP contribution in [0.5, 0.6) is 0 Å². The van der Waals surface area contributed by atoms with Crippen molar-refractivity contribution >= 4 is 22.8 Å². The summed E-state index contributed by atoms with van der Waals surface area (Å²) in [6.45, 7) is 9.22. The smallest absolute Gasteiger partial charge is 0.273 e. The van der Waals surface area contributed by atoms with E-state index in [0.29, 0.717) is 28.3 Å². The van der Waals surface area contributed by atoms with Gasteiger partial charge in [0, 0.05) is 11.4 Å². The van der Waals surface area contributed by atoms with E-state index in [1.807, 2.05) is 13.8 Å². The van der Waals surface area contributed by atoms with Gasteiger partial charge < -0.3 is 4.42 Å². The van der Waals surface area contributed by atoms with Crippen molar-refractivity contribution in [3.8, 4) is 0 Å². The van der Waals surface area contributed by atoms with Gasteiger partial charge in [-0.25, -0.2) is 9.67 Å². The molecule has 2 N–H and O–H groups in total. The average molecular weight is 355 g/mol. The zero-order valence-corrected chi connectivity index (χ0v) is 15.4. The number of rotatable bonds is 3. The second-order valence-corrected chi connectivity index (χ2v) is 6.45. The van der Waals surface area contributed by atoms with Crippen LogP contribution >= 0.6 is 0 Å². The summed E-state index contributed by atoms with van der Waals surface area (Å²) in [5, 5.41) is 5.07. The Labute approximate surface area is 150 Å². The van der Waals surface area contributed by atoms with Crippen molar-refractivity contribution in [3.05, 3.63) is 46.7 Å². The number of fused-ring (bicyclic) bond motifs is 1. The Morgan fingerprint density at radius 3 is 2.31 bits per heavy atom. The molecule has 0 aromatic carbocycles. The molecule has 3 aromatic heterocycles. The third kappa shape index (κ3) is 3.17. The quantitative estimate of drug-likeness (QED) is 0.703. The number of pyridine rings is 1. The minimum absolute atomic E-state index is 0.167. The van der Waals surface area contributed by atoms with E-state index in [2.05, 4.69) is 20.9 Å². The van der Waals surface area contributed by atoms with E-state index in [1.165, 1.54) is 0 Å². The summed E-state index contributed by atoms with van der Waals surface area (Å²) in [6.07, 6.45) is 1.68. The van der Waals surface area contributed by atoms with Crippen LogP contribution in [-0.4, -0.2) is 26.6 Å². The van der Waals surface area contributed by atoms with Crippen LogP contribution in [-0.2, 0) is 0 Å². The lowest BCUT2D eigenvalue weighted by Gasteiger charge is -2.10. The largest absolute Gasteiger partial charge is 0.466 e. The highest BCUT2D eigenvalue weighted by atomic mass is 16.3. The van der Waals surface area contributed by atoms with Gasteiger partial charge in [-0.1, -0.05) is 0 Å². The normalized spacial score (nSPS) is 11.2. The molecule has 0 aliphatic carbocycles. The van der Waals surface area contributed by atoms with Crippen molar-refractivity contribution < 1.29 is 14.0 Å². The van der Waals surface area contributed by atoms with E-state index >= 15 is 0 Å². The van der Waals surface area contributed by atoms with Crippen molar-refractivity contribution in [2.24, 2.45) is 0 Å². The van der Waals surface area contributed by atoms with Crippen molar-refractivity contribution in [1.29, 1.82) is 0 Å². The second-order valence-electron chi connectivity index (χ2n) is 6.45. The van der Waals surface area contributed by atoms with Crippen molar-refractivity contribution in [2.75, 3.05) is 0 Å². The van der Waals surface area contributed by atoms with Gasteiger partial charge >= 0.3 is 0 Å². The fourth-order valence-electron chi connectivity index (χ4n) is 2.78. The standard InChI is InChI=1S/C18H21N5O3/c1-9(2)23-16-13(8-19-23)7-14(11(4)20-16)17(24)21-22-18(25)15-6-10(3)26-12(15)5/h6-9H,1-5H3,(H,21,24)(H,22,25). The van der Waals surface area contributed by atoms with E-state index in [9.17, 15) is 9.59 Å². The fraction of sp³-hybridized carbons (Fsp3) is 0.333. The summed E-state index contributed by atoms with van der Waals surface area (Å²) in [5.74, 6) is 0.244. The monoisotopic (exact) mass is 355 g/mol. The molecule has 3 rings (SSSR count).